The molecule has 2 nitrogen and oxygen atoms in total. The van der Waals surface area contributed by atoms with Crippen LogP contribution in [0.3, 0.4) is 0 Å². The minimum atomic E-state index is 1.00. The molecule has 2 rings (SSSR count). The van der Waals surface area contributed by atoms with Gasteiger partial charge in [-0.15, -0.1) is 0 Å². The number of hydrogen-bond acceptors (Lipinski definition) is 2. The number of hydrogen-bond donors (Lipinski definition) is 0. The average Bonchev–Trinajstić information content (AvgIpc) is 2.33. The zero-order valence-corrected chi connectivity index (χ0v) is 5.00. The molecule has 1 aromatic rings. The van der Waals surface area contributed by atoms with Crippen molar-refractivity contribution >= 4 is 6.08 Å². The van der Waals surface area contributed by atoms with Crippen LogP contribution in [0.25, 0.3) is 6.08 Å². The van der Waals surface area contributed by atoms with Crippen molar-refractivity contribution in [1.29, 1.82) is 0 Å². The van der Waals surface area contributed by atoms with Gasteiger partial charge in [-0.05, 0) is 12.5 Å². The Balaban J connectivity index is 2.53. The van der Waals surface area contributed by atoms with Crippen LogP contribution in [-0.2, 0) is 6.42 Å². The molecule has 0 saturated carbocycles. The maximum Gasteiger partial charge on any atom is 0.181 e. The highest BCUT2D eigenvalue weighted by Crippen LogP contribution is 2.16. The second-order valence-corrected chi connectivity index (χ2v) is 2.10. The summed E-state index contributed by atoms with van der Waals surface area (Å²) in [6, 6.07) is 0. The van der Waals surface area contributed by atoms with Gasteiger partial charge in [0.15, 0.2) is 6.39 Å². The highest BCUT2D eigenvalue weighted by atomic mass is 16.3. The van der Waals surface area contributed by atoms with Crippen LogP contribution >= 0.6 is 0 Å². The smallest absolute Gasteiger partial charge is 0.181 e. The average molecular weight is 121 g/mol. The van der Waals surface area contributed by atoms with Crippen LogP contribution in [-0.4, -0.2) is 4.98 Å². The fraction of sp³-hybridized carbons (Fsp3) is 0.286. The highest BCUT2D eigenvalue weighted by molar-refractivity contribution is 5.48. The molecule has 2 heteroatoms. The molecule has 0 bridgehead atoms. The summed E-state index contributed by atoms with van der Waals surface area (Å²) >= 11 is 0. The molecular formula is C7H7NO. The molecule has 0 unspecified atom stereocenters. The van der Waals surface area contributed by atoms with E-state index < -0.39 is 0 Å². The fourth-order valence-electron chi connectivity index (χ4n) is 1.01. The molecule has 46 valence electrons. The molecule has 0 atom stereocenters. The highest BCUT2D eigenvalue weighted by Gasteiger charge is 2.06. The molecule has 1 aromatic heterocycles. The maximum absolute atomic E-state index is 5.09. The molecule has 1 heterocycles. The van der Waals surface area contributed by atoms with Crippen molar-refractivity contribution in [1.82, 2.24) is 4.98 Å². The van der Waals surface area contributed by atoms with Gasteiger partial charge in [0.05, 0.1) is 0 Å². The van der Waals surface area contributed by atoms with E-state index >= 15 is 0 Å². The summed E-state index contributed by atoms with van der Waals surface area (Å²) in [5.74, 6) is 1.03. The Morgan fingerprint density at radius 3 is 3.44 bits per heavy atom. The number of aromatic nitrogens is 1. The van der Waals surface area contributed by atoms with Crippen molar-refractivity contribution in [3.63, 3.8) is 0 Å². The van der Waals surface area contributed by atoms with Crippen molar-refractivity contribution in [3.05, 3.63) is 23.9 Å². The van der Waals surface area contributed by atoms with Crippen LogP contribution < -0.4 is 0 Å². The molecule has 1 aliphatic carbocycles. The zero-order chi connectivity index (χ0) is 6.10. The first kappa shape index (κ1) is 4.79. The van der Waals surface area contributed by atoms with Gasteiger partial charge in [0.2, 0.25) is 0 Å². The topological polar surface area (TPSA) is 26.0 Å². The maximum atomic E-state index is 5.09. The van der Waals surface area contributed by atoms with E-state index in [-0.39, 0.29) is 0 Å². The number of aryl methyl sites for hydroxylation is 1. The molecule has 0 spiro atoms. The van der Waals surface area contributed by atoms with E-state index in [2.05, 4.69) is 11.1 Å². The first-order valence-corrected chi connectivity index (χ1v) is 3.06. The third-order valence-corrected chi connectivity index (χ3v) is 1.49. The molecule has 0 fully saturated rings. The van der Waals surface area contributed by atoms with Crippen LogP contribution in [0.15, 0.2) is 16.9 Å². The van der Waals surface area contributed by atoms with E-state index in [0.29, 0.717) is 0 Å². The van der Waals surface area contributed by atoms with E-state index in [1.807, 2.05) is 6.08 Å². The predicted molar refractivity (Wildman–Crippen MR) is 33.9 cm³/mol. The molecule has 0 aliphatic heterocycles. The number of fused-ring (bicyclic) bond motifs is 1. The summed E-state index contributed by atoms with van der Waals surface area (Å²) in [4.78, 5) is 4.00. The third-order valence-electron chi connectivity index (χ3n) is 1.49. The molecule has 0 radical (unpaired) electrons. The number of nitrogens with zero attached hydrogens (tertiary/aromatic N) is 1. The summed E-state index contributed by atoms with van der Waals surface area (Å²) in [7, 11) is 0. The van der Waals surface area contributed by atoms with Gasteiger partial charge in [-0.1, -0.05) is 6.08 Å². The predicted octanol–water partition coefficient (Wildman–Crippen LogP) is 1.63. The monoisotopic (exact) mass is 121 g/mol. The lowest BCUT2D eigenvalue weighted by atomic mass is 10.1. The van der Waals surface area contributed by atoms with Crippen LogP contribution in [0, 0.1) is 0 Å². The van der Waals surface area contributed by atoms with Gasteiger partial charge in [0, 0.05) is 6.42 Å². The summed E-state index contributed by atoms with van der Waals surface area (Å²) in [6.45, 7) is 0. The lowest BCUT2D eigenvalue weighted by Gasteiger charge is -1.98. The van der Waals surface area contributed by atoms with E-state index in [1.165, 1.54) is 6.39 Å². The summed E-state index contributed by atoms with van der Waals surface area (Å²) in [6.07, 6.45) is 7.71. The number of allylic oxidation sites excluding steroid dienone is 1. The molecule has 1 aliphatic rings. The van der Waals surface area contributed by atoms with E-state index in [1.54, 1.807) is 0 Å². The number of oxazole rings is 1. The Labute approximate surface area is 53.2 Å². The first-order valence-electron chi connectivity index (χ1n) is 3.06. The van der Waals surface area contributed by atoms with Crippen molar-refractivity contribution < 1.29 is 4.42 Å². The van der Waals surface area contributed by atoms with Crippen LogP contribution in [0.1, 0.15) is 17.9 Å². The summed E-state index contributed by atoms with van der Waals surface area (Å²) < 4.78 is 5.09. The molecular weight excluding hydrogens is 114 g/mol. The zero-order valence-electron chi connectivity index (χ0n) is 5.00. The second kappa shape index (κ2) is 1.72. The SMILES string of the molecule is C1=Cc2ncoc2CC1. The molecule has 0 amide bonds. The second-order valence-electron chi connectivity index (χ2n) is 2.10. The minimum Gasteiger partial charge on any atom is -0.448 e. The largest absolute Gasteiger partial charge is 0.448 e. The van der Waals surface area contributed by atoms with Crippen molar-refractivity contribution in [2.75, 3.05) is 0 Å². The normalized spacial score (nSPS) is 15.6. The van der Waals surface area contributed by atoms with E-state index in [0.717, 1.165) is 24.3 Å². The van der Waals surface area contributed by atoms with Crippen LogP contribution in [0.2, 0.25) is 0 Å². The van der Waals surface area contributed by atoms with Gasteiger partial charge in [-0.3, -0.25) is 0 Å². The molecule has 0 aromatic carbocycles. The third kappa shape index (κ3) is 0.669. The number of rotatable bonds is 0. The van der Waals surface area contributed by atoms with Gasteiger partial charge in [-0.2, -0.15) is 0 Å². The van der Waals surface area contributed by atoms with Gasteiger partial charge in [0.25, 0.3) is 0 Å². The van der Waals surface area contributed by atoms with Crippen LogP contribution in [0.4, 0.5) is 0 Å². The first-order chi connectivity index (χ1) is 4.47. The van der Waals surface area contributed by atoms with Gasteiger partial charge >= 0.3 is 0 Å². The molecule has 0 N–H and O–H groups in total. The summed E-state index contributed by atoms with van der Waals surface area (Å²) in [5, 5.41) is 0. The Morgan fingerprint density at radius 1 is 1.56 bits per heavy atom. The Kier molecular flexibility index (Phi) is 0.918. The minimum absolute atomic E-state index is 1.00. The summed E-state index contributed by atoms with van der Waals surface area (Å²) in [5.41, 5.74) is 1.00. The Hall–Kier alpha value is -1.05. The molecule has 0 saturated heterocycles. The standard InChI is InChI=1S/C7H7NO/c1-2-4-7-6(3-1)8-5-9-7/h1,3,5H,2,4H2. The van der Waals surface area contributed by atoms with Gasteiger partial charge in [0.1, 0.15) is 11.5 Å². The van der Waals surface area contributed by atoms with Crippen molar-refractivity contribution in [2.24, 2.45) is 0 Å². The molecule has 9 heavy (non-hydrogen) atoms. The Bertz CT molecular complexity index is 237. The van der Waals surface area contributed by atoms with E-state index in [4.69, 9.17) is 4.42 Å². The van der Waals surface area contributed by atoms with Gasteiger partial charge < -0.3 is 4.42 Å². The quantitative estimate of drug-likeness (QED) is 0.521. The lowest BCUT2D eigenvalue weighted by molar-refractivity contribution is 0.502. The van der Waals surface area contributed by atoms with Crippen molar-refractivity contribution in [3.8, 4) is 0 Å². The van der Waals surface area contributed by atoms with Gasteiger partial charge in [-0.25, -0.2) is 4.98 Å². The fourth-order valence-corrected chi connectivity index (χ4v) is 1.01. The lowest BCUT2D eigenvalue weighted by Crippen LogP contribution is -1.88. The van der Waals surface area contributed by atoms with Crippen LogP contribution in [0.5, 0.6) is 0 Å². The van der Waals surface area contributed by atoms with Crippen molar-refractivity contribution in [2.45, 2.75) is 12.8 Å². The Morgan fingerprint density at radius 2 is 2.56 bits per heavy atom. The van der Waals surface area contributed by atoms with E-state index in [9.17, 15) is 0 Å².